The van der Waals surface area contributed by atoms with Gasteiger partial charge in [-0.3, -0.25) is 4.79 Å². The fraction of sp³-hybridized carbons (Fsp3) is 0.417. The van der Waals surface area contributed by atoms with Crippen molar-refractivity contribution in [2.24, 2.45) is 0 Å². The zero-order valence-corrected chi connectivity index (χ0v) is 10.2. The van der Waals surface area contributed by atoms with E-state index in [2.05, 4.69) is 0 Å². The van der Waals surface area contributed by atoms with E-state index in [-0.39, 0.29) is 23.7 Å². The summed E-state index contributed by atoms with van der Waals surface area (Å²) in [5.41, 5.74) is 4.84. The molecule has 0 aliphatic heterocycles. The summed E-state index contributed by atoms with van der Waals surface area (Å²) in [6.07, 6.45) is 0. The maximum absolute atomic E-state index is 13.1. The third-order valence-electron chi connectivity index (χ3n) is 2.14. The van der Waals surface area contributed by atoms with Crippen LogP contribution < -0.4 is 5.73 Å². The van der Waals surface area contributed by atoms with Crippen molar-refractivity contribution < 1.29 is 14.3 Å². The van der Waals surface area contributed by atoms with Crippen LogP contribution in [0.15, 0.2) is 18.2 Å². The zero-order chi connectivity index (χ0) is 13.2. The standard InChI is InChI=1S/C12H17FN2O2/c1-12(2,17)7-15(3)11(16)8-4-9(13)6-10(14)5-8/h4-6,17H,7,14H2,1-3H3. The Morgan fingerprint density at radius 1 is 1.47 bits per heavy atom. The quantitative estimate of drug-likeness (QED) is 0.781. The Hall–Kier alpha value is -1.62. The summed E-state index contributed by atoms with van der Waals surface area (Å²) in [5, 5.41) is 9.60. The number of hydrogen-bond donors (Lipinski definition) is 2. The molecule has 5 heteroatoms. The fourth-order valence-corrected chi connectivity index (χ4v) is 1.61. The monoisotopic (exact) mass is 240 g/mol. The number of hydrogen-bond acceptors (Lipinski definition) is 3. The van der Waals surface area contributed by atoms with Crippen molar-refractivity contribution >= 4 is 11.6 Å². The van der Waals surface area contributed by atoms with Crippen LogP contribution in [-0.2, 0) is 0 Å². The van der Waals surface area contributed by atoms with Gasteiger partial charge in [0.2, 0.25) is 0 Å². The van der Waals surface area contributed by atoms with Gasteiger partial charge in [0, 0.05) is 24.8 Å². The first kappa shape index (κ1) is 13.4. The average Bonchev–Trinajstić information content (AvgIpc) is 2.12. The van der Waals surface area contributed by atoms with Gasteiger partial charge in [0.05, 0.1) is 5.60 Å². The van der Waals surface area contributed by atoms with Crippen molar-refractivity contribution in [2.45, 2.75) is 19.4 Å². The van der Waals surface area contributed by atoms with Crippen LogP contribution >= 0.6 is 0 Å². The number of benzene rings is 1. The number of nitrogen functional groups attached to an aromatic ring is 1. The van der Waals surface area contributed by atoms with Gasteiger partial charge < -0.3 is 15.7 Å². The summed E-state index contributed by atoms with van der Waals surface area (Å²) in [7, 11) is 1.54. The number of carbonyl (C=O) groups excluding carboxylic acids is 1. The van der Waals surface area contributed by atoms with E-state index in [1.807, 2.05) is 0 Å². The normalized spacial score (nSPS) is 11.4. The highest BCUT2D eigenvalue weighted by Crippen LogP contribution is 2.14. The van der Waals surface area contributed by atoms with E-state index in [0.29, 0.717) is 0 Å². The summed E-state index contributed by atoms with van der Waals surface area (Å²) in [5.74, 6) is -0.927. The lowest BCUT2D eigenvalue weighted by Crippen LogP contribution is -2.39. The number of amides is 1. The molecule has 0 heterocycles. The second-order valence-electron chi connectivity index (χ2n) is 4.75. The maximum Gasteiger partial charge on any atom is 0.253 e. The van der Waals surface area contributed by atoms with Crippen LogP contribution in [0.4, 0.5) is 10.1 Å². The van der Waals surface area contributed by atoms with E-state index in [1.54, 1.807) is 20.9 Å². The minimum atomic E-state index is -0.997. The lowest BCUT2D eigenvalue weighted by Gasteiger charge is -2.25. The van der Waals surface area contributed by atoms with E-state index >= 15 is 0 Å². The highest BCUT2D eigenvalue weighted by molar-refractivity contribution is 5.94. The molecule has 0 aliphatic rings. The molecule has 3 N–H and O–H groups in total. The smallest absolute Gasteiger partial charge is 0.253 e. The Bertz CT molecular complexity index is 407. The predicted molar refractivity (Wildman–Crippen MR) is 64.1 cm³/mol. The third-order valence-corrected chi connectivity index (χ3v) is 2.14. The predicted octanol–water partition coefficient (Wildman–Crippen LogP) is 1.25. The Morgan fingerprint density at radius 3 is 2.53 bits per heavy atom. The van der Waals surface area contributed by atoms with Gasteiger partial charge in [-0.25, -0.2) is 4.39 Å². The largest absolute Gasteiger partial charge is 0.399 e. The van der Waals surface area contributed by atoms with E-state index in [1.165, 1.54) is 11.0 Å². The summed E-state index contributed by atoms with van der Waals surface area (Å²) >= 11 is 0. The molecule has 1 amide bonds. The minimum Gasteiger partial charge on any atom is -0.399 e. The first-order chi connectivity index (χ1) is 7.69. The van der Waals surface area contributed by atoms with Crippen molar-refractivity contribution in [3.05, 3.63) is 29.6 Å². The molecule has 1 rings (SSSR count). The number of anilines is 1. The number of likely N-dealkylation sites (N-methyl/N-ethyl adjacent to an activating group) is 1. The Labute approximate surface area is 99.8 Å². The van der Waals surface area contributed by atoms with Gasteiger partial charge in [0.1, 0.15) is 5.82 Å². The molecule has 0 saturated carbocycles. The molecule has 1 aromatic rings. The number of nitrogens with two attached hydrogens (primary N) is 1. The molecular weight excluding hydrogens is 223 g/mol. The highest BCUT2D eigenvalue weighted by Gasteiger charge is 2.20. The summed E-state index contributed by atoms with van der Waals surface area (Å²) in [6, 6.07) is 3.68. The lowest BCUT2D eigenvalue weighted by atomic mass is 10.1. The lowest BCUT2D eigenvalue weighted by molar-refractivity contribution is 0.0368. The number of aliphatic hydroxyl groups is 1. The van der Waals surface area contributed by atoms with Crippen LogP contribution in [-0.4, -0.2) is 35.1 Å². The SMILES string of the molecule is CN(CC(C)(C)O)C(=O)c1cc(N)cc(F)c1. The van der Waals surface area contributed by atoms with Gasteiger partial charge >= 0.3 is 0 Å². The number of nitrogens with zero attached hydrogens (tertiary/aromatic N) is 1. The van der Waals surface area contributed by atoms with Crippen LogP contribution in [0.2, 0.25) is 0 Å². The highest BCUT2D eigenvalue weighted by atomic mass is 19.1. The van der Waals surface area contributed by atoms with Crippen molar-refractivity contribution in [3.8, 4) is 0 Å². The van der Waals surface area contributed by atoms with Gasteiger partial charge in [0.15, 0.2) is 0 Å². The van der Waals surface area contributed by atoms with Crippen LogP contribution in [0.3, 0.4) is 0 Å². The topological polar surface area (TPSA) is 66.6 Å². The molecule has 0 aliphatic carbocycles. The van der Waals surface area contributed by atoms with Crippen LogP contribution in [0.5, 0.6) is 0 Å². The molecule has 0 aromatic heterocycles. The van der Waals surface area contributed by atoms with Crippen LogP contribution in [0.25, 0.3) is 0 Å². The Morgan fingerprint density at radius 2 is 2.06 bits per heavy atom. The number of carbonyl (C=O) groups is 1. The molecule has 94 valence electrons. The second kappa shape index (κ2) is 4.71. The maximum atomic E-state index is 13.1. The first-order valence-corrected chi connectivity index (χ1v) is 5.23. The van der Waals surface area contributed by atoms with Gasteiger partial charge in [0.25, 0.3) is 5.91 Å². The van der Waals surface area contributed by atoms with Gasteiger partial charge in [-0.1, -0.05) is 0 Å². The summed E-state index contributed by atoms with van der Waals surface area (Å²) < 4.78 is 13.1. The second-order valence-corrected chi connectivity index (χ2v) is 4.75. The number of rotatable bonds is 3. The first-order valence-electron chi connectivity index (χ1n) is 5.23. The minimum absolute atomic E-state index is 0.155. The van der Waals surface area contributed by atoms with Gasteiger partial charge in [-0.2, -0.15) is 0 Å². The van der Waals surface area contributed by atoms with Crippen molar-refractivity contribution in [1.29, 1.82) is 0 Å². The molecule has 0 bridgehead atoms. The number of halogens is 1. The van der Waals surface area contributed by atoms with Crippen molar-refractivity contribution in [3.63, 3.8) is 0 Å². The van der Waals surface area contributed by atoms with Crippen LogP contribution in [0.1, 0.15) is 24.2 Å². The van der Waals surface area contributed by atoms with Crippen molar-refractivity contribution in [1.82, 2.24) is 4.90 Å². The fourth-order valence-electron chi connectivity index (χ4n) is 1.61. The molecule has 0 radical (unpaired) electrons. The average molecular weight is 240 g/mol. The van der Waals surface area contributed by atoms with E-state index < -0.39 is 11.4 Å². The molecule has 4 nitrogen and oxygen atoms in total. The van der Waals surface area contributed by atoms with Gasteiger partial charge in [-0.05, 0) is 32.0 Å². The third kappa shape index (κ3) is 4.03. The molecule has 0 unspecified atom stereocenters. The van der Waals surface area contributed by atoms with Gasteiger partial charge in [-0.15, -0.1) is 0 Å². The molecular formula is C12H17FN2O2. The molecule has 0 fully saturated rings. The summed E-state index contributed by atoms with van der Waals surface area (Å²) in [4.78, 5) is 13.2. The Balaban J connectivity index is 2.89. The summed E-state index contributed by atoms with van der Waals surface area (Å²) in [6.45, 7) is 3.34. The molecule has 0 atom stereocenters. The Kier molecular flexibility index (Phi) is 3.72. The molecule has 0 saturated heterocycles. The molecule has 0 spiro atoms. The van der Waals surface area contributed by atoms with E-state index in [4.69, 9.17) is 5.73 Å². The van der Waals surface area contributed by atoms with Crippen LogP contribution in [0, 0.1) is 5.82 Å². The zero-order valence-electron chi connectivity index (χ0n) is 10.2. The van der Waals surface area contributed by atoms with E-state index in [0.717, 1.165) is 12.1 Å². The molecule has 1 aromatic carbocycles. The molecule has 17 heavy (non-hydrogen) atoms. The van der Waals surface area contributed by atoms with E-state index in [9.17, 15) is 14.3 Å². The van der Waals surface area contributed by atoms with Crippen molar-refractivity contribution in [2.75, 3.05) is 19.3 Å².